The van der Waals surface area contributed by atoms with E-state index in [0.717, 1.165) is 16.7 Å². The molecule has 0 N–H and O–H groups in total. The van der Waals surface area contributed by atoms with Crippen LogP contribution < -0.4 is 4.74 Å². The molecule has 0 saturated heterocycles. The normalized spacial score (nSPS) is 12.5. The summed E-state index contributed by atoms with van der Waals surface area (Å²) in [6, 6.07) is 21.1. The molecule has 0 unspecified atom stereocenters. The Kier molecular flexibility index (Phi) is 2.29. The van der Waals surface area contributed by atoms with Gasteiger partial charge in [-0.2, -0.15) is 0 Å². The number of para-hydroxylation sites is 2. The largest absolute Gasteiger partial charge is 0.438 e. The van der Waals surface area contributed by atoms with Crippen LogP contribution in [0, 0.1) is 0 Å². The molecule has 0 atom stereocenters. The van der Waals surface area contributed by atoms with Crippen molar-refractivity contribution in [3.05, 3.63) is 66.9 Å². The van der Waals surface area contributed by atoms with E-state index in [1.54, 1.807) is 0 Å². The Bertz CT molecular complexity index is 1330. The van der Waals surface area contributed by atoms with E-state index in [0.29, 0.717) is 5.88 Å². The highest BCUT2D eigenvalue weighted by atomic mass is 16.5. The molecule has 6 rings (SSSR count). The number of hydrogen-bond acceptors (Lipinski definition) is 2. The predicted octanol–water partition coefficient (Wildman–Crippen LogP) is 5.65. The predicted molar refractivity (Wildman–Crippen MR) is 101 cm³/mol. The third-order valence-corrected chi connectivity index (χ3v) is 5.27. The number of aromatic nitrogens is 2. The van der Waals surface area contributed by atoms with Crippen molar-refractivity contribution in [3.63, 3.8) is 0 Å². The summed E-state index contributed by atoms with van der Waals surface area (Å²) in [5.41, 5.74) is 4.79. The quantitative estimate of drug-likeness (QED) is 0.361. The molecule has 0 amide bonds. The first-order valence-corrected chi connectivity index (χ1v) is 8.39. The van der Waals surface area contributed by atoms with Crippen LogP contribution in [-0.4, -0.2) is 9.55 Å². The van der Waals surface area contributed by atoms with Crippen molar-refractivity contribution >= 4 is 32.6 Å². The average Bonchev–Trinajstić information content (AvgIpc) is 2.95. The van der Waals surface area contributed by atoms with Crippen LogP contribution in [0.1, 0.15) is 0 Å². The van der Waals surface area contributed by atoms with E-state index in [-0.39, 0.29) is 0 Å². The van der Waals surface area contributed by atoms with Crippen LogP contribution in [0.3, 0.4) is 0 Å². The Labute approximate surface area is 144 Å². The summed E-state index contributed by atoms with van der Waals surface area (Å²) in [4.78, 5) is 4.50. The molecule has 3 aromatic carbocycles. The van der Waals surface area contributed by atoms with E-state index in [9.17, 15) is 0 Å². The van der Waals surface area contributed by atoms with Crippen molar-refractivity contribution in [2.45, 2.75) is 0 Å². The third-order valence-electron chi connectivity index (χ3n) is 5.27. The Balaban J connectivity index is 1.94. The fourth-order valence-electron chi connectivity index (χ4n) is 4.16. The molecule has 2 aromatic heterocycles. The van der Waals surface area contributed by atoms with Crippen LogP contribution >= 0.6 is 0 Å². The molecule has 3 nitrogen and oxygen atoms in total. The minimum atomic E-state index is 0.695. The van der Waals surface area contributed by atoms with Crippen molar-refractivity contribution in [1.82, 2.24) is 9.55 Å². The standard InChI is InChI=1S/C22H14N2O/c1-24-17-8-4-2-7-14(17)20-15-10-11-23-22-21(15)16(12-18(20)24)13-6-3-5-9-19(13)25-22/h2-12H,1H3. The highest BCUT2D eigenvalue weighted by Crippen LogP contribution is 2.48. The van der Waals surface area contributed by atoms with Gasteiger partial charge in [0.15, 0.2) is 0 Å². The van der Waals surface area contributed by atoms with Gasteiger partial charge in [-0.05, 0) is 29.7 Å². The topological polar surface area (TPSA) is 27.1 Å². The first kappa shape index (κ1) is 13.0. The van der Waals surface area contributed by atoms with Gasteiger partial charge in [-0.3, -0.25) is 0 Å². The molecule has 118 valence electrons. The Morgan fingerprint density at radius 3 is 2.60 bits per heavy atom. The fraction of sp³-hybridized carbons (Fsp3) is 0.0455. The maximum Gasteiger partial charge on any atom is 0.227 e. The van der Waals surface area contributed by atoms with Gasteiger partial charge >= 0.3 is 0 Å². The Morgan fingerprint density at radius 1 is 0.800 bits per heavy atom. The molecule has 1 aliphatic rings. The van der Waals surface area contributed by atoms with Gasteiger partial charge in [0.1, 0.15) is 5.75 Å². The third kappa shape index (κ3) is 1.53. The first-order valence-electron chi connectivity index (χ1n) is 8.39. The maximum atomic E-state index is 6.10. The van der Waals surface area contributed by atoms with E-state index in [1.165, 1.54) is 32.8 Å². The first-order chi connectivity index (χ1) is 12.3. The second-order valence-corrected chi connectivity index (χ2v) is 6.53. The molecule has 0 aliphatic carbocycles. The van der Waals surface area contributed by atoms with Crippen molar-refractivity contribution < 1.29 is 4.74 Å². The van der Waals surface area contributed by atoms with Crippen LogP contribution in [0.15, 0.2) is 66.9 Å². The van der Waals surface area contributed by atoms with Crippen LogP contribution in [0.2, 0.25) is 0 Å². The van der Waals surface area contributed by atoms with Gasteiger partial charge in [0, 0.05) is 40.7 Å². The number of ether oxygens (including phenoxy) is 1. The van der Waals surface area contributed by atoms with Gasteiger partial charge in [-0.25, -0.2) is 4.98 Å². The Morgan fingerprint density at radius 2 is 1.64 bits per heavy atom. The number of aryl methyl sites for hydroxylation is 1. The molecular weight excluding hydrogens is 308 g/mol. The summed E-state index contributed by atoms with van der Waals surface area (Å²) in [5, 5.41) is 4.83. The van der Waals surface area contributed by atoms with Gasteiger partial charge in [0.2, 0.25) is 5.88 Å². The summed E-state index contributed by atoms with van der Waals surface area (Å²) >= 11 is 0. The summed E-state index contributed by atoms with van der Waals surface area (Å²) in [6.07, 6.45) is 1.84. The van der Waals surface area contributed by atoms with Crippen LogP contribution in [0.4, 0.5) is 0 Å². The molecule has 25 heavy (non-hydrogen) atoms. The van der Waals surface area contributed by atoms with E-state index >= 15 is 0 Å². The van der Waals surface area contributed by atoms with Gasteiger partial charge in [-0.15, -0.1) is 0 Å². The maximum absolute atomic E-state index is 6.10. The number of benzene rings is 3. The second kappa shape index (κ2) is 4.39. The summed E-state index contributed by atoms with van der Waals surface area (Å²) in [5.74, 6) is 1.56. The van der Waals surface area contributed by atoms with Crippen LogP contribution in [-0.2, 0) is 7.05 Å². The molecule has 5 aromatic rings. The molecule has 1 aliphatic heterocycles. The molecule has 3 heteroatoms. The lowest BCUT2D eigenvalue weighted by Gasteiger charge is -2.20. The molecule has 3 heterocycles. The van der Waals surface area contributed by atoms with E-state index in [1.807, 2.05) is 18.3 Å². The van der Waals surface area contributed by atoms with Gasteiger partial charge < -0.3 is 9.30 Å². The van der Waals surface area contributed by atoms with Crippen molar-refractivity contribution in [3.8, 4) is 22.8 Å². The highest BCUT2D eigenvalue weighted by molar-refractivity contribution is 6.25. The number of pyridine rings is 1. The molecular formula is C22H14N2O. The van der Waals surface area contributed by atoms with E-state index in [4.69, 9.17) is 4.74 Å². The van der Waals surface area contributed by atoms with E-state index in [2.05, 4.69) is 65.1 Å². The van der Waals surface area contributed by atoms with Crippen molar-refractivity contribution in [2.75, 3.05) is 0 Å². The number of rotatable bonds is 0. The molecule has 0 spiro atoms. The zero-order chi connectivity index (χ0) is 16.5. The second-order valence-electron chi connectivity index (χ2n) is 6.53. The van der Waals surface area contributed by atoms with E-state index < -0.39 is 0 Å². The Hall–Kier alpha value is -3.33. The SMILES string of the molecule is Cn1c2ccccc2c2c3ccnc4c3c(cc21)-c1ccccc1O4. The van der Waals surface area contributed by atoms with Crippen LogP contribution in [0.25, 0.3) is 43.7 Å². The monoisotopic (exact) mass is 322 g/mol. The summed E-state index contributed by atoms with van der Waals surface area (Å²) in [6.45, 7) is 0. The summed E-state index contributed by atoms with van der Waals surface area (Å²) in [7, 11) is 2.14. The zero-order valence-electron chi connectivity index (χ0n) is 13.7. The minimum absolute atomic E-state index is 0.695. The number of hydrogen-bond donors (Lipinski definition) is 0. The summed E-state index contributed by atoms with van der Waals surface area (Å²) < 4.78 is 8.38. The number of nitrogens with zero attached hydrogens (tertiary/aromatic N) is 2. The fourth-order valence-corrected chi connectivity index (χ4v) is 4.16. The van der Waals surface area contributed by atoms with Gasteiger partial charge in [0.25, 0.3) is 0 Å². The van der Waals surface area contributed by atoms with Crippen molar-refractivity contribution in [1.29, 1.82) is 0 Å². The molecule has 0 bridgehead atoms. The van der Waals surface area contributed by atoms with Gasteiger partial charge in [-0.1, -0.05) is 36.4 Å². The minimum Gasteiger partial charge on any atom is -0.438 e. The van der Waals surface area contributed by atoms with Gasteiger partial charge in [0.05, 0.1) is 10.9 Å². The molecule has 0 saturated carbocycles. The number of fused-ring (bicyclic) bond motifs is 6. The smallest absolute Gasteiger partial charge is 0.227 e. The lowest BCUT2D eigenvalue weighted by atomic mass is 9.94. The lowest BCUT2D eigenvalue weighted by molar-refractivity contribution is 0.468. The average molecular weight is 322 g/mol. The highest BCUT2D eigenvalue weighted by Gasteiger charge is 2.24. The van der Waals surface area contributed by atoms with Crippen LogP contribution in [0.5, 0.6) is 11.6 Å². The van der Waals surface area contributed by atoms with Crippen molar-refractivity contribution in [2.24, 2.45) is 7.05 Å². The zero-order valence-corrected chi connectivity index (χ0v) is 13.7. The molecule has 0 fully saturated rings. The lowest BCUT2D eigenvalue weighted by Crippen LogP contribution is -1.99. The molecule has 0 radical (unpaired) electrons.